The zero-order chi connectivity index (χ0) is 16.0. The maximum absolute atomic E-state index is 10.6. The third-order valence-corrected chi connectivity index (χ3v) is 5.96. The second kappa shape index (κ2) is 10.3. The highest BCUT2D eigenvalue weighted by atomic mass is 127. The highest BCUT2D eigenvalue weighted by Gasteiger charge is 2.30. The molecule has 2 N–H and O–H groups in total. The van der Waals surface area contributed by atoms with Gasteiger partial charge in [-0.25, -0.2) is 0 Å². The van der Waals surface area contributed by atoms with Crippen molar-refractivity contribution in [2.24, 2.45) is 10.9 Å². The fourth-order valence-corrected chi connectivity index (χ4v) is 4.13. The van der Waals surface area contributed by atoms with Crippen LogP contribution >= 0.6 is 35.7 Å². The van der Waals surface area contributed by atoms with Crippen molar-refractivity contribution in [3.8, 4) is 0 Å². The Morgan fingerprint density at radius 3 is 2.74 bits per heavy atom. The van der Waals surface area contributed by atoms with Crippen LogP contribution in [0.1, 0.15) is 33.6 Å². The highest BCUT2D eigenvalue weighted by molar-refractivity contribution is 14.0. The molecule has 0 spiro atoms. The fraction of sp³-hybridized carbons (Fsp3) is 0.938. The minimum Gasteiger partial charge on any atom is -0.388 e. The molecule has 2 fully saturated rings. The molecule has 2 saturated heterocycles. The summed E-state index contributed by atoms with van der Waals surface area (Å²) in [6.45, 7) is 11.3. The third-order valence-electron chi connectivity index (χ3n) is 4.42. The van der Waals surface area contributed by atoms with Crippen LogP contribution in [0.4, 0.5) is 0 Å². The van der Waals surface area contributed by atoms with Crippen molar-refractivity contribution in [3.05, 3.63) is 0 Å². The van der Waals surface area contributed by atoms with Gasteiger partial charge in [0.15, 0.2) is 5.96 Å². The molecule has 1 unspecified atom stereocenters. The van der Waals surface area contributed by atoms with Gasteiger partial charge in [0, 0.05) is 56.7 Å². The van der Waals surface area contributed by atoms with Gasteiger partial charge in [0.05, 0.1) is 12.1 Å². The molecule has 0 radical (unpaired) electrons. The molecule has 0 amide bonds. The molecule has 5 nitrogen and oxygen atoms in total. The van der Waals surface area contributed by atoms with Crippen molar-refractivity contribution in [2.75, 3.05) is 45.1 Å². The molecule has 0 aliphatic carbocycles. The molecular formula is C16H32IN3O2S. The van der Waals surface area contributed by atoms with E-state index in [0.717, 1.165) is 31.3 Å². The summed E-state index contributed by atoms with van der Waals surface area (Å²) in [4.78, 5) is 7.10. The van der Waals surface area contributed by atoms with E-state index in [4.69, 9.17) is 9.73 Å². The number of aliphatic imine (C=N–C) groups is 1. The lowest BCUT2D eigenvalue weighted by molar-refractivity contribution is -0.0566. The Bertz CT molecular complexity index is 376. The Kier molecular flexibility index (Phi) is 9.55. The minimum atomic E-state index is -0.694. The summed E-state index contributed by atoms with van der Waals surface area (Å²) in [5, 5.41) is 14.6. The summed E-state index contributed by atoms with van der Waals surface area (Å²) in [5.74, 6) is 2.77. The normalized spacial score (nSPS) is 25.2. The standard InChI is InChI=1S/C16H31N3O2S.HI/c1-4-17-15(18-12-16(20)5-8-21-9-6-16)19-7-10-22-14(11-19)13(2)3;/h13-14,20H,4-12H2,1-3H3,(H,17,18);1H. The number of nitrogens with zero attached hydrogens (tertiary/aromatic N) is 2. The Hall–Kier alpha value is 0.270. The predicted molar refractivity (Wildman–Crippen MR) is 109 cm³/mol. The second-order valence-electron chi connectivity index (χ2n) is 6.61. The molecule has 2 aliphatic rings. The van der Waals surface area contributed by atoms with Crippen LogP contribution in [0.2, 0.25) is 0 Å². The molecule has 0 bridgehead atoms. The predicted octanol–water partition coefficient (Wildman–Crippen LogP) is 2.18. The van der Waals surface area contributed by atoms with E-state index in [1.165, 1.54) is 0 Å². The Morgan fingerprint density at radius 1 is 1.43 bits per heavy atom. The van der Waals surface area contributed by atoms with Gasteiger partial charge in [0.25, 0.3) is 0 Å². The molecule has 0 aromatic carbocycles. The van der Waals surface area contributed by atoms with Gasteiger partial charge in [-0.05, 0) is 12.8 Å². The zero-order valence-corrected chi connectivity index (χ0v) is 17.7. The van der Waals surface area contributed by atoms with Crippen LogP contribution in [-0.4, -0.2) is 72.0 Å². The maximum atomic E-state index is 10.6. The lowest BCUT2D eigenvalue weighted by Gasteiger charge is -2.37. The van der Waals surface area contributed by atoms with Gasteiger partial charge in [-0.1, -0.05) is 13.8 Å². The topological polar surface area (TPSA) is 57.1 Å². The first-order chi connectivity index (χ1) is 10.5. The summed E-state index contributed by atoms with van der Waals surface area (Å²) >= 11 is 2.07. The molecule has 0 aromatic heterocycles. The number of hydrogen-bond donors (Lipinski definition) is 2. The average Bonchev–Trinajstić information content (AvgIpc) is 2.52. The van der Waals surface area contributed by atoms with Gasteiger partial charge >= 0.3 is 0 Å². The molecule has 136 valence electrons. The summed E-state index contributed by atoms with van der Waals surface area (Å²) in [5.41, 5.74) is -0.694. The SMILES string of the molecule is CCNC(=NCC1(O)CCOCC1)N1CCSC(C(C)C)C1.I. The fourth-order valence-electron chi connectivity index (χ4n) is 2.83. The van der Waals surface area contributed by atoms with E-state index in [2.05, 4.69) is 42.7 Å². The molecule has 23 heavy (non-hydrogen) atoms. The van der Waals surface area contributed by atoms with E-state index in [9.17, 15) is 5.11 Å². The number of aliphatic hydroxyl groups is 1. The monoisotopic (exact) mass is 457 g/mol. The molecule has 1 atom stereocenters. The van der Waals surface area contributed by atoms with Crippen molar-refractivity contribution in [2.45, 2.75) is 44.5 Å². The quantitative estimate of drug-likeness (QED) is 0.385. The minimum absolute atomic E-state index is 0. The van der Waals surface area contributed by atoms with Crippen LogP contribution in [0.5, 0.6) is 0 Å². The number of halogens is 1. The van der Waals surface area contributed by atoms with E-state index in [1.54, 1.807) is 0 Å². The first-order valence-electron chi connectivity index (χ1n) is 8.49. The van der Waals surface area contributed by atoms with Crippen LogP contribution in [0.15, 0.2) is 4.99 Å². The summed E-state index contributed by atoms with van der Waals surface area (Å²) < 4.78 is 5.34. The number of thioether (sulfide) groups is 1. The van der Waals surface area contributed by atoms with Crippen LogP contribution < -0.4 is 5.32 Å². The van der Waals surface area contributed by atoms with Gasteiger partial charge in [-0.3, -0.25) is 4.99 Å². The molecule has 0 aromatic rings. The average molecular weight is 457 g/mol. The lowest BCUT2D eigenvalue weighted by Crippen LogP contribution is -2.50. The van der Waals surface area contributed by atoms with Gasteiger partial charge < -0.3 is 20.1 Å². The number of rotatable bonds is 4. The van der Waals surface area contributed by atoms with Crippen LogP contribution in [0.25, 0.3) is 0 Å². The van der Waals surface area contributed by atoms with Crippen LogP contribution in [0.3, 0.4) is 0 Å². The van der Waals surface area contributed by atoms with Crippen molar-refractivity contribution < 1.29 is 9.84 Å². The molecule has 2 aliphatic heterocycles. The Labute approximate surface area is 162 Å². The maximum Gasteiger partial charge on any atom is 0.194 e. The van der Waals surface area contributed by atoms with Gasteiger partial charge in [-0.15, -0.1) is 24.0 Å². The molecule has 0 saturated carbocycles. The van der Waals surface area contributed by atoms with Crippen LogP contribution in [-0.2, 0) is 4.74 Å². The summed E-state index contributed by atoms with van der Waals surface area (Å²) in [6, 6.07) is 0. The van der Waals surface area contributed by atoms with E-state index in [0.29, 0.717) is 43.8 Å². The van der Waals surface area contributed by atoms with Crippen molar-refractivity contribution in [1.82, 2.24) is 10.2 Å². The molecule has 2 rings (SSSR count). The second-order valence-corrected chi connectivity index (χ2v) is 7.95. The molecule has 7 heteroatoms. The van der Waals surface area contributed by atoms with Crippen molar-refractivity contribution >= 4 is 41.7 Å². The smallest absolute Gasteiger partial charge is 0.194 e. The van der Waals surface area contributed by atoms with Gasteiger partial charge in [0.2, 0.25) is 0 Å². The summed E-state index contributed by atoms with van der Waals surface area (Å²) in [7, 11) is 0. The van der Waals surface area contributed by atoms with Crippen molar-refractivity contribution in [3.63, 3.8) is 0 Å². The lowest BCUT2D eigenvalue weighted by atomic mass is 9.95. The molecule has 2 heterocycles. The van der Waals surface area contributed by atoms with E-state index >= 15 is 0 Å². The first kappa shape index (κ1) is 21.3. The van der Waals surface area contributed by atoms with Crippen LogP contribution in [0, 0.1) is 5.92 Å². The number of nitrogens with one attached hydrogen (secondary N) is 1. The number of ether oxygens (including phenoxy) is 1. The molecular weight excluding hydrogens is 425 g/mol. The van der Waals surface area contributed by atoms with E-state index in [-0.39, 0.29) is 24.0 Å². The number of guanidine groups is 1. The van der Waals surface area contributed by atoms with E-state index < -0.39 is 5.60 Å². The van der Waals surface area contributed by atoms with Gasteiger partial charge in [0.1, 0.15) is 0 Å². The van der Waals surface area contributed by atoms with Crippen molar-refractivity contribution in [1.29, 1.82) is 0 Å². The Morgan fingerprint density at radius 2 is 2.13 bits per heavy atom. The largest absolute Gasteiger partial charge is 0.388 e. The first-order valence-corrected chi connectivity index (χ1v) is 9.54. The highest BCUT2D eigenvalue weighted by Crippen LogP contribution is 2.25. The zero-order valence-electron chi connectivity index (χ0n) is 14.6. The number of hydrogen-bond acceptors (Lipinski definition) is 4. The van der Waals surface area contributed by atoms with E-state index in [1.807, 2.05) is 0 Å². The van der Waals surface area contributed by atoms with Gasteiger partial charge in [-0.2, -0.15) is 11.8 Å². The third kappa shape index (κ3) is 6.59. The Balaban J connectivity index is 0.00000264. The summed E-state index contributed by atoms with van der Waals surface area (Å²) in [6.07, 6.45) is 1.36.